The first-order valence-electron chi connectivity index (χ1n) is 8.40. The van der Waals surface area contributed by atoms with Crippen LogP contribution in [0.4, 0.5) is 0 Å². The second-order valence-electron chi connectivity index (χ2n) is 6.30. The molecule has 1 amide bonds. The van der Waals surface area contributed by atoms with Crippen molar-refractivity contribution in [1.29, 1.82) is 0 Å². The lowest BCUT2D eigenvalue weighted by molar-refractivity contribution is 0.0946. The summed E-state index contributed by atoms with van der Waals surface area (Å²) in [5.74, 6) is -0.177. The van der Waals surface area contributed by atoms with Crippen LogP contribution in [0.25, 0.3) is 0 Å². The molecule has 1 heterocycles. The zero-order valence-corrected chi connectivity index (χ0v) is 15.0. The number of aryl methyl sites for hydroxylation is 1. The Kier molecular flexibility index (Phi) is 5.20. The first-order chi connectivity index (χ1) is 12.0. The third kappa shape index (κ3) is 3.91. The highest BCUT2D eigenvalue weighted by Crippen LogP contribution is 2.25. The van der Waals surface area contributed by atoms with E-state index in [-0.39, 0.29) is 11.9 Å². The van der Waals surface area contributed by atoms with Crippen LogP contribution in [0, 0.1) is 6.92 Å². The van der Waals surface area contributed by atoms with Crippen LogP contribution in [0.1, 0.15) is 28.8 Å². The van der Waals surface area contributed by atoms with E-state index in [1.54, 1.807) is 42.5 Å². The van der Waals surface area contributed by atoms with Gasteiger partial charge in [0.2, 0.25) is 10.0 Å². The minimum Gasteiger partial charge on any atom is -0.350 e. The molecule has 0 unspecified atom stereocenters. The topological polar surface area (TPSA) is 66.5 Å². The van der Waals surface area contributed by atoms with E-state index < -0.39 is 10.0 Å². The average Bonchev–Trinajstić information content (AvgIpc) is 3.10. The van der Waals surface area contributed by atoms with E-state index in [1.165, 1.54) is 4.31 Å². The van der Waals surface area contributed by atoms with Crippen molar-refractivity contribution in [2.75, 3.05) is 13.1 Å². The first kappa shape index (κ1) is 17.6. The van der Waals surface area contributed by atoms with Gasteiger partial charge in [-0.1, -0.05) is 35.9 Å². The zero-order valence-electron chi connectivity index (χ0n) is 14.2. The Morgan fingerprint density at radius 2 is 1.80 bits per heavy atom. The van der Waals surface area contributed by atoms with Gasteiger partial charge in [-0.25, -0.2) is 8.42 Å². The molecule has 1 aliphatic heterocycles. The predicted octanol–water partition coefficient (Wildman–Crippen LogP) is 2.58. The maximum Gasteiger partial charge on any atom is 0.251 e. The summed E-state index contributed by atoms with van der Waals surface area (Å²) < 4.78 is 27.1. The minimum absolute atomic E-state index is 0.177. The fourth-order valence-electron chi connectivity index (χ4n) is 3.07. The molecule has 132 valence electrons. The second-order valence-corrected chi connectivity index (χ2v) is 8.19. The summed E-state index contributed by atoms with van der Waals surface area (Å²) in [5.41, 5.74) is 1.67. The van der Waals surface area contributed by atoms with E-state index >= 15 is 0 Å². The molecule has 0 aromatic heterocycles. The maximum atomic E-state index is 12.8. The molecular weight excluding hydrogens is 336 g/mol. The summed E-state index contributed by atoms with van der Waals surface area (Å²) in [4.78, 5) is 12.6. The van der Waals surface area contributed by atoms with Gasteiger partial charge in [0.1, 0.15) is 0 Å². The summed E-state index contributed by atoms with van der Waals surface area (Å²) in [7, 11) is -3.52. The first-order valence-corrected chi connectivity index (χ1v) is 9.84. The Morgan fingerprint density at radius 1 is 1.12 bits per heavy atom. The number of hydrogen-bond acceptors (Lipinski definition) is 3. The summed E-state index contributed by atoms with van der Waals surface area (Å²) >= 11 is 0. The van der Waals surface area contributed by atoms with Gasteiger partial charge in [0.25, 0.3) is 5.91 Å². The van der Waals surface area contributed by atoms with Crippen LogP contribution in [0.3, 0.4) is 0 Å². The molecule has 1 fully saturated rings. The molecule has 1 atom stereocenters. The van der Waals surface area contributed by atoms with Gasteiger partial charge in [0.05, 0.1) is 4.90 Å². The molecule has 2 aromatic rings. The Hall–Kier alpha value is -2.18. The van der Waals surface area contributed by atoms with Gasteiger partial charge in [-0.05, 0) is 44.0 Å². The van der Waals surface area contributed by atoms with E-state index in [4.69, 9.17) is 0 Å². The van der Waals surface area contributed by atoms with Crippen LogP contribution in [0.2, 0.25) is 0 Å². The Bertz CT molecular complexity index is 833. The number of hydrogen-bond donors (Lipinski definition) is 1. The third-order valence-electron chi connectivity index (χ3n) is 4.48. The number of carbonyl (C=O) groups excluding carboxylic acids is 1. The van der Waals surface area contributed by atoms with Gasteiger partial charge in [0, 0.05) is 24.7 Å². The third-order valence-corrected chi connectivity index (χ3v) is 6.45. The molecule has 3 rings (SSSR count). The van der Waals surface area contributed by atoms with Gasteiger partial charge < -0.3 is 5.32 Å². The molecule has 1 saturated heterocycles. The number of nitrogens with one attached hydrogen (secondary N) is 1. The lowest BCUT2D eigenvalue weighted by atomic mass is 10.1. The lowest BCUT2D eigenvalue weighted by Crippen LogP contribution is -2.43. The Morgan fingerprint density at radius 3 is 2.48 bits per heavy atom. The van der Waals surface area contributed by atoms with Crippen LogP contribution in [0.5, 0.6) is 0 Å². The van der Waals surface area contributed by atoms with Gasteiger partial charge in [-0.3, -0.25) is 4.79 Å². The fraction of sp³-hybridized carbons (Fsp3) is 0.316. The van der Waals surface area contributed by atoms with Crippen LogP contribution >= 0.6 is 0 Å². The van der Waals surface area contributed by atoms with Gasteiger partial charge in [0.15, 0.2) is 0 Å². The molecule has 5 nitrogen and oxygen atoms in total. The number of sulfonamides is 1. The molecule has 0 saturated carbocycles. The SMILES string of the molecule is Cc1ccc(C(=O)NC[C@@H]2CCCN2S(=O)(=O)c2ccccc2)cc1. The number of benzene rings is 2. The number of rotatable bonds is 5. The number of nitrogens with zero attached hydrogens (tertiary/aromatic N) is 1. The largest absolute Gasteiger partial charge is 0.350 e. The summed E-state index contributed by atoms with van der Waals surface area (Å²) in [6.07, 6.45) is 1.55. The molecule has 1 aliphatic rings. The Balaban J connectivity index is 1.68. The minimum atomic E-state index is -3.52. The molecular formula is C19H22N2O3S. The quantitative estimate of drug-likeness (QED) is 0.893. The lowest BCUT2D eigenvalue weighted by Gasteiger charge is -2.24. The Labute approximate surface area is 148 Å². The van der Waals surface area contributed by atoms with Crippen LogP contribution in [-0.4, -0.2) is 37.8 Å². The fourth-order valence-corrected chi connectivity index (χ4v) is 4.79. The summed E-state index contributed by atoms with van der Waals surface area (Å²) in [5, 5.41) is 2.87. The molecule has 6 heteroatoms. The molecule has 0 spiro atoms. The highest BCUT2D eigenvalue weighted by molar-refractivity contribution is 7.89. The van der Waals surface area contributed by atoms with Crippen molar-refractivity contribution in [2.24, 2.45) is 0 Å². The van der Waals surface area contributed by atoms with Crippen molar-refractivity contribution in [3.63, 3.8) is 0 Å². The highest BCUT2D eigenvalue weighted by atomic mass is 32.2. The van der Waals surface area contributed by atoms with Crippen molar-refractivity contribution >= 4 is 15.9 Å². The maximum absolute atomic E-state index is 12.8. The average molecular weight is 358 g/mol. The van der Waals surface area contributed by atoms with E-state index in [1.807, 2.05) is 19.1 Å². The standard InChI is InChI=1S/C19H22N2O3S/c1-15-9-11-16(12-10-15)19(22)20-14-17-6-5-13-21(17)25(23,24)18-7-3-2-4-8-18/h2-4,7-12,17H,5-6,13-14H2,1H3,(H,20,22)/t17-/m0/s1. The van der Waals surface area contributed by atoms with Crippen molar-refractivity contribution in [2.45, 2.75) is 30.7 Å². The second kappa shape index (κ2) is 7.37. The zero-order chi connectivity index (χ0) is 17.9. The summed E-state index contributed by atoms with van der Waals surface area (Å²) in [6.45, 7) is 2.77. The van der Waals surface area contributed by atoms with Gasteiger partial charge >= 0.3 is 0 Å². The highest BCUT2D eigenvalue weighted by Gasteiger charge is 2.35. The smallest absolute Gasteiger partial charge is 0.251 e. The van der Waals surface area contributed by atoms with Crippen molar-refractivity contribution in [1.82, 2.24) is 9.62 Å². The van der Waals surface area contributed by atoms with Crippen LogP contribution in [-0.2, 0) is 10.0 Å². The van der Waals surface area contributed by atoms with E-state index in [2.05, 4.69) is 5.32 Å². The number of carbonyl (C=O) groups is 1. The molecule has 2 aromatic carbocycles. The molecule has 0 aliphatic carbocycles. The van der Waals surface area contributed by atoms with Gasteiger partial charge in [-0.15, -0.1) is 0 Å². The van der Waals surface area contributed by atoms with E-state index in [0.29, 0.717) is 23.5 Å². The predicted molar refractivity (Wildman–Crippen MR) is 96.9 cm³/mol. The van der Waals surface area contributed by atoms with Crippen LogP contribution < -0.4 is 5.32 Å². The van der Waals surface area contributed by atoms with Crippen molar-refractivity contribution in [3.8, 4) is 0 Å². The number of amides is 1. The van der Waals surface area contributed by atoms with Crippen molar-refractivity contribution in [3.05, 3.63) is 65.7 Å². The monoisotopic (exact) mass is 358 g/mol. The van der Waals surface area contributed by atoms with Crippen LogP contribution in [0.15, 0.2) is 59.5 Å². The normalized spacial score (nSPS) is 18.2. The molecule has 0 bridgehead atoms. The van der Waals surface area contributed by atoms with Gasteiger partial charge in [-0.2, -0.15) is 4.31 Å². The van der Waals surface area contributed by atoms with E-state index in [9.17, 15) is 13.2 Å². The molecule has 0 radical (unpaired) electrons. The van der Waals surface area contributed by atoms with Crippen molar-refractivity contribution < 1.29 is 13.2 Å². The molecule has 1 N–H and O–H groups in total. The summed E-state index contributed by atoms with van der Waals surface area (Å²) in [6, 6.07) is 15.6. The van der Waals surface area contributed by atoms with E-state index in [0.717, 1.165) is 18.4 Å². The molecule has 25 heavy (non-hydrogen) atoms.